The lowest BCUT2D eigenvalue weighted by molar-refractivity contribution is 0.195. The van der Waals surface area contributed by atoms with Crippen LogP contribution in [0.5, 0.6) is 11.5 Å². The molecule has 2 rings (SSSR count). The highest BCUT2D eigenvalue weighted by Gasteiger charge is 2.16. The zero-order chi connectivity index (χ0) is 22.9. The van der Waals surface area contributed by atoms with Gasteiger partial charge in [-0.25, -0.2) is 4.79 Å². The van der Waals surface area contributed by atoms with Gasteiger partial charge in [0.2, 0.25) is 0 Å². The summed E-state index contributed by atoms with van der Waals surface area (Å²) in [6.07, 6.45) is 2.78. The second kappa shape index (κ2) is 11.6. The van der Waals surface area contributed by atoms with Gasteiger partial charge in [-0.05, 0) is 47.1 Å². The molecule has 2 amide bonds. The molecule has 170 valence electrons. The van der Waals surface area contributed by atoms with Gasteiger partial charge in [-0.1, -0.05) is 64.4 Å². The van der Waals surface area contributed by atoms with Gasteiger partial charge >= 0.3 is 6.03 Å². The maximum Gasteiger partial charge on any atom is 0.317 e. The minimum atomic E-state index is -0.0196. The summed E-state index contributed by atoms with van der Waals surface area (Å²) in [7, 11) is 3.27. The highest BCUT2D eigenvalue weighted by Crippen LogP contribution is 2.28. The van der Waals surface area contributed by atoms with Crippen LogP contribution in [-0.2, 0) is 18.4 Å². The SMILES string of the molecule is CCCCNC(=O)N(CCc1ccc(OC)c(OC)c1)Cc1ccc(C(C)(C)C)cc1. The molecule has 0 heterocycles. The molecule has 0 aliphatic heterocycles. The molecule has 0 saturated heterocycles. The fraction of sp³-hybridized carbons (Fsp3) is 0.500. The van der Waals surface area contributed by atoms with Crippen molar-refractivity contribution in [3.8, 4) is 11.5 Å². The van der Waals surface area contributed by atoms with Crippen LogP contribution in [0.15, 0.2) is 42.5 Å². The highest BCUT2D eigenvalue weighted by atomic mass is 16.5. The molecule has 0 saturated carbocycles. The molecule has 0 bridgehead atoms. The lowest BCUT2D eigenvalue weighted by Crippen LogP contribution is -2.41. The third kappa shape index (κ3) is 7.50. The summed E-state index contributed by atoms with van der Waals surface area (Å²) in [6.45, 7) is 10.6. The summed E-state index contributed by atoms with van der Waals surface area (Å²) in [5.74, 6) is 1.41. The molecule has 0 radical (unpaired) electrons. The van der Waals surface area contributed by atoms with Crippen molar-refractivity contribution < 1.29 is 14.3 Å². The Hall–Kier alpha value is -2.69. The number of nitrogens with zero attached hydrogens (tertiary/aromatic N) is 1. The monoisotopic (exact) mass is 426 g/mol. The summed E-state index contributed by atoms with van der Waals surface area (Å²) in [5.41, 5.74) is 3.64. The molecule has 0 atom stereocenters. The molecule has 5 nitrogen and oxygen atoms in total. The number of carbonyl (C=O) groups is 1. The van der Waals surface area contributed by atoms with E-state index in [1.807, 2.05) is 23.1 Å². The van der Waals surface area contributed by atoms with Gasteiger partial charge in [-0.15, -0.1) is 0 Å². The topological polar surface area (TPSA) is 50.8 Å². The minimum absolute atomic E-state index is 0.0196. The first-order valence-corrected chi connectivity index (χ1v) is 11.1. The van der Waals surface area contributed by atoms with Crippen LogP contribution in [0.25, 0.3) is 0 Å². The van der Waals surface area contributed by atoms with Crippen LogP contribution in [-0.4, -0.2) is 38.2 Å². The van der Waals surface area contributed by atoms with Gasteiger partial charge in [0.05, 0.1) is 14.2 Å². The van der Waals surface area contributed by atoms with Crippen LogP contribution in [0.2, 0.25) is 0 Å². The van der Waals surface area contributed by atoms with E-state index in [1.54, 1.807) is 14.2 Å². The van der Waals surface area contributed by atoms with Crippen LogP contribution >= 0.6 is 0 Å². The zero-order valence-electron chi connectivity index (χ0n) is 20.0. The first-order chi connectivity index (χ1) is 14.8. The molecular weight excluding hydrogens is 388 g/mol. The third-order valence-electron chi connectivity index (χ3n) is 5.41. The Morgan fingerprint density at radius 1 is 0.968 bits per heavy atom. The normalized spacial score (nSPS) is 11.2. The number of hydrogen-bond donors (Lipinski definition) is 1. The molecule has 0 spiro atoms. The molecule has 0 aromatic heterocycles. The second-order valence-electron chi connectivity index (χ2n) is 8.89. The zero-order valence-corrected chi connectivity index (χ0v) is 20.0. The van der Waals surface area contributed by atoms with E-state index >= 15 is 0 Å². The van der Waals surface area contributed by atoms with Gasteiger partial charge in [0.1, 0.15) is 0 Å². The van der Waals surface area contributed by atoms with Crippen molar-refractivity contribution in [2.75, 3.05) is 27.3 Å². The van der Waals surface area contributed by atoms with E-state index in [1.165, 1.54) is 5.56 Å². The maximum absolute atomic E-state index is 12.9. The van der Waals surface area contributed by atoms with Crippen LogP contribution in [0.1, 0.15) is 57.2 Å². The van der Waals surface area contributed by atoms with Gasteiger partial charge in [-0.2, -0.15) is 0 Å². The van der Waals surface area contributed by atoms with Crippen molar-refractivity contribution in [2.45, 2.75) is 58.9 Å². The molecule has 2 aromatic carbocycles. The molecule has 2 aromatic rings. The number of rotatable bonds is 10. The lowest BCUT2D eigenvalue weighted by atomic mass is 9.87. The summed E-state index contributed by atoms with van der Waals surface area (Å²) >= 11 is 0. The summed E-state index contributed by atoms with van der Waals surface area (Å²) in [6, 6.07) is 14.5. The number of hydrogen-bond acceptors (Lipinski definition) is 3. The Balaban J connectivity index is 2.12. The number of nitrogens with one attached hydrogen (secondary N) is 1. The van der Waals surface area contributed by atoms with E-state index in [0.29, 0.717) is 31.1 Å². The minimum Gasteiger partial charge on any atom is -0.493 e. The largest absolute Gasteiger partial charge is 0.493 e. The van der Waals surface area contributed by atoms with E-state index in [0.717, 1.165) is 30.4 Å². The number of urea groups is 1. The Labute approximate surface area is 187 Å². The Bertz CT molecular complexity index is 826. The highest BCUT2D eigenvalue weighted by molar-refractivity contribution is 5.74. The van der Waals surface area contributed by atoms with Crippen molar-refractivity contribution in [3.63, 3.8) is 0 Å². The molecular formula is C26H38N2O3. The van der Waals surface area contributed by atoms with Gasteiger partial charge in [-0.3, -0.25) is 0 Å². The summed E-state index contributed by atoms with van der Waals surface area (Å²) < 4.78 is 10.7. The van der Waals surface area contributed by atoms with E-state index in [2.05, 4.69) is 57.3 Å². The summed E-state index contributed by atoms with van der Waals surface area (Å²) in [5, 5.41) is 3.06. The van der Waals surface area contributed by atoms with Crippen molar-refractivity contribution in [1.29, 1.82) is 0 Å². The predicted octanol–water partition coefficient (Wildman–Crippen LogP) is 5.56. The number of unbranched alkanes of at least 4 members (excludes halogenated alkanes) is 1. The number of ether oxygens (including phenoxy) is 2. The standard InChI is InChI=1S/C26H38N2O3/c1-7-8-16-27-25(29)28(19-21-9-12-22(13-10-21)26(2,3)4)17-15-20-11-14-23(30-5)24(18-20)31-6/h9-14,18H,7-8,15-17,19H2,1-6H3,(H,27,29). The molecule has 0 unspecified atom stereocenters. The molecule has 0 fully saturated rings. The van der Waals surface area contributed by atoms with E-state index in [-0.39, 0.29) is 11.4 Å². The first-order valence-electron chi connectivity index (χ1n) is 11.1. The van der Waals surface area contributed by atoms with Crippen molar-refractivity contribution in [2.24, 2.45) is 0 Å². The van der Waals surface area contributed by atoms with Crippen LogP contribution in [0.3, 0.4) is 0 Å². The van der Waals surface area contributed by atoms with E-state index in [4.69, 9.17) is 9.47 Å². The lowest BCUT2D eigenvalue weighted by Gasteiger charge is -2.24. The van der Waals surface area contributed by atoms with E-state index < -0.39 is 0 Å². The molecule has 0 aliphatic rings. The van der Waals surface area contributed by atoms with Crippen molar-refractivity contribution in [3.05, 3.63) is 59.2 Å². The van der Waals surface area contributed by atoms with Gasteiger partial charge in [0.15, 0.2) is 11.5 Å². The van der Waals surface area contributed by atoms with Gasteiger partial charge < -0.3 is 19.7 Å². The van der Waals surface area contributed by atoms with Crippen LogP contribution in [0.4, 0.5) is 4.79 Å². The third-order valence-corrected chi connectivity index (χ3v) is 5.41. The smallest absolute Gasteiger partial charge is 0.317 e. The maximum atomic E-state index is 12.9. The average Bonchev–Trinajstić information content (AvgIpc) is 2.76. The molecule has 1 N–H and O–H groups in total. The average molecular weight is 427 g/mol. The first kappa shape index (κ1) is 24.6. The predicted molar refractivity (Wildman–Crippen MR) is 127 cm³/mol. The molecule has 31 heavy (non-hydrogen) atoms. The van der Waals surface area contributed by atoms with E-state index in [9.17, 15) is 4.79 Å². The number of amides is 2. The Kier molecular flexibility index (Phi) is 9.22. The fourth-order valence-electron chi connectivity index (χ4n) is 3.37. The molecule has 0 aliphatic carbocycles. The number of carbonyl (C=O) groups excluding carboxylic acids is 1. The fourth-order valence-corrected chi connectivity index (χ4v) is 3.37. The second-order valence-corrected chi connectivity index (χ2v) is 8.89. The molecule has 5 heteroatoms. The van der Waals surface area contributed by atoms with Crippen LogP contribution in [0, 0.1) is 0 Å². The number of methoxy groups -OCH3 is 2. The quantitative estimate of drug-likeness (QED) is 0.506. The summed E-state index contributed by atoms with van der Waals surface area (Å²) in [4.78, 5) is 14.8. The van der Waals surface area contributed by atoms with Crippen molar-refractivity contribution in [1.82, 2.24) is 10.2 Å². The van der Waals surface area contributed by atoms with Crippen molar-refractivity contribution >= 4 is 6.03 Å². The van der Waals surface area contributed by atoms with Crippen LogP contribution < -0.4 is 14.8 Å². The van der Waals surface area contributed by atoms with Gasteiger partial charge in [0, 0.05) is 19.6 Å². The number of benzene rings is 2. The Morgan fingerprint density at radius 3 is 2.19 bits per heavy atom. The van der Waals surface area contributed by atoms with Gasteiger partial charge in [0.25, 0.3) is 0 Å². The Morgan fingerprint density at radius 2 is 1.61 bits per heavy atom.